The van der Waals surface area contributed by atoms with E-state index < -0.39 is 18.5 Å². The first-order valence-electron chi connectivity index (χ1n) is 6.33. The number of nitrogens with zero attached hydrogens (tertiary/aromatic N) is 1. The number of methoxy groups -OCH3 is 1. The molecule has 1 aromatic carbocycles. The van der Waals surface area contributed by atoms with Gasteiger partial charge in [0.1, 0.15) is 11.6 Å². The molecular weight excluding hydrogens is 290 g/mol. The third-order valence-corrected chi connectivity index (χ3v) is 2.47. The highest BCUT2D eigenvalue weighted by molar-refractivity contribution is 5.97. The lowest BCUT2D eigenvalue weighted by Crippen LogP contribution is -2.10. The van der Waals surface area contributed by atoms with Gasteiger partial charge in [-0.25, -0.2) is 9.59 Å². The van der Waals surface area contributed by atoms with Crippen molar-refractivity contribution < 1.29 is 28.9 Å². The SMILES string of the molecule is CCOC(=O)/C(C#N)=C/c1ccc(OCC(=O)O)c(OC)c1. The minimum absolute atomic E-state index is 0.150. The molecule has 7 nitrogen and oxygen atoms in total. The number of hydrogen-bond acceptors (Lipinski definition) is 6. The van der Waals surface area contributed by atoms with Gasteiger partial charge in [-0.1, -0.05) is 6.07 Å². The van der Waals surface area contributed by atoms with Crippen LogP contribution in [0.4, 0.5) is 0 Å². The number of rotatable bonds is 7. The highest BCUT2D eigenvalue weighted by atomic mass is 16.5. The maximum absolute atomic E-state index is 11.5. The number of nitriles is 1. The zero-order chi connectivity index (χ0) is 16.5. The van der Waals surface area contributed by atoms with Crippen molar-refractivity contribution in [1.29, 1.82) is 5.26 Å². The number of carboxylic acid groups (broad SMARTS) is 1. The third kappa shape index (κ3) is 4.83. The molecule has 0 bridgehead atoms. The number of ether oxygens (including phenoxy) is 3. The molecule has 0 fully saturated rings. The van der Waals surface area contributed by atoms with Crippen LogP contribution >= 0.6 is 0 Å². The molecule has 1 N–H and O–H groups in total. The molecule has 0 spiro atoms. The van der Waals surface area contributed by atoms with Crippen LogP contribution in [0.3, 0.4) is 0 Å². The lowest BCUT2D eigenvalue weighted by atomic mass is 10.1. The van der Waals surface area contributed by atoms with Gasteiger partial charge in [-0.3, -0.25) is 0 Å². The smallest absolute Gasteiger partial charge is 0.348 e. The number of carbonyl (C=O) groups excluding carboxylic acids is 1. The molecule has 116 valence electrons. The van der Waals surface area contributed by atoms with Crippen LogP contribution in [0.25, 0.3) is 6.08 Å². The van der Waals surface area contributed by atoms with Crippen molar-refractivity contribution in [2.75, 3.05) is 20.3 Å². The fourth-order valence-corrected chi connectivity index (χ4v) is 1.55. The fraction of sp³-hybridized carbons (Fsp3) is 0.267. The zero-order valence-electron chi connectivity index (χ0n) is 12.2. The second-order valence-electron chi connectivity index (χ2n) is 3.98. The van der Waals surface area contributed by atoms with E-state index in [0.717, 1.165) is 0 Å². The van der Waals surface area contributed by atoms with E-state index in [2.05, 4.69) is 0 Å². The lowest BCUT2D eigenvalue weighted by molar-refractivity contribution is -0.139. The van der Waals surface area contributed by atoms with Gasteiger partial charge in [0.15, 0.2) is 18.1 Å². The molecule has 1 aromatic rings. The highest BCUT2D eigenvalue weighted by Crippen LogP contribution is 2.29. The molecule has 1 rings (SSSR count). The van der Waals surface area contributed by atoms with Crippen LogP contribution in [-0.4, -0.2) is 37.4 Å². The Kier molecular flexibility index (Phi) is 6.44. The molecular formula is C15H15NO6. The van der Waals surface area contributed by atoms with Gasteiger partial charge in [-0.15, -0.1) is 0 Å². The van der Waals surface area contributed by atoms with Gasteiger partial charge >= 0.3 is 11.9 Å². The van der Waals surface area contributed by atoms with Crippen LogP contribution < -0.4 is 9.47 Å². The molecule has 0 saturated heterocycles. The largest absolute Gasteiger partial charge is 0.493 e. The maximum atomic E-state index is 11.5. The first-order valence-corrected chi connectivity index (χ1v) is 6.33. The molecule has 0 heterocycles. The Bertz CT molecular complexity index is 629. The van der Waals surface area contributed by atoms with Crippen LogP contribution in [-0.2, 0) is 14.3 Å². The fourth-order valence-electron chi connectivity index (χ4n) is 1.55. The summed E-state index contributed by atoms with van der Waals surface area (Å²) in [7, 11) is 1.40. The molecule has 22 heavy (non-hydrogen) atoms. The average molecular weight is 305 g/mol. The molecule has 0 atom stereocenters. The van der Waals surface area contributed by atoms with Gasteiger partial charge < -0.3 is 19.3 Å². The summed E-state index contributed by atoms with van der Waals surface area (Å²) in [6.07, 6.45) is 1.35. The first-order chi connectivity index (χ1) is 10.5. The summed E-state index contributed by atoms with van der Waals surface area (Å²) in [4.78, 5) is 22.0. The van der Waals surface area contributed by atoms with Gasteiger partial charge in [-0.2, -0.15) is 5.26 Å². The van der Waals surface area contributed by atoms with E-state index >= 15 is 0 Å². The lowest BCUT2D eigenvalue weighted by Gasteiger charge is -2.09. The summed E-state index contributed by atoms with van der Waals surface area (Å²) in [5.74, 6) is -1.29. The van der Waals surface area contributed by atoms with E-state index in [9.17, 15) is 9.59 Å². The van der Waals surface area contributed by atoms with E-state index in [0.29, 0.717) is 5.56 Å². The Hall–Kier alpha value is -3.01. The normalized spacial score (nSPS) is 10.5. The summed E-state index contributed by atoms with van der Waals surface area (Å²) in [6, 6.07) is 6.35. The Morgan fingerprint density at radius 3 is 2.64 bits per heavy atom. The van der Waals surface area contributed by atoms with Crippen molar-refractivity contribution in [3.63, 3.8) is 0 Å². The first kappa shape index (κ1) is 17.0. The topological polar surface area (TPSA) is 106 Å². The van der Waals surface area contributed by atoms with Crippen LogP contribution in [0.5, 0.6) is 11.5 Å². The summed E-state index contributed by atoms with van der Waals surface area (Å²) >= 11 is 0. The average Bonchev–Trinajstić information content (AvgIpc) is 2.50. The predicted octanol–water partition coefficient (Wildman–Crippen LogP) is 1.63. The number of benzene rings is 1. The van der Waals surface area contributed by atoms with Crippen molar-refractivity contribution in [3.8, 4) is 17.6 Å². The molecule has 0 radical (unpaired) electrons. The van der Waals surface area contributed by atoms with E-state index in [1.54, 1.807) is 19.1 Å². The Balaban J connectivity index is 3.04. The van der Waals surface area contributed by atoms with Crippen molar-refractivity contribution >= 4 is 18.0 Å². The van der Waals surface area contributed by atoms with E-state index in [-0.39, 0.29) is 23.7 Å². The van der Waals surface area contributed by atoms with Crippen molar-refractivity contribution in [3.05, 3.63) is 29.3 Å². The molecule has 0 aliphatic carbocycles. The second-order valence-corrected chi connectivity index (χ2v) is 3.98. The van der Waals surface area contributed by atoms with Gasteiger partial charge in [0.05, 0.1) is 13.7 Å². The predicted molar refractivity (Wildman–Crippen MR) is 76.3 cm³/mol. The van der Waals surface area contributed by atoms with Gasteiger partial charge in [0.2, 0.25) is 0 Å². The van der Waals surface area contributed by atoms with E-state index in [4.69, 9.17) is 24.6 Å². The third-order valence-electron chi connectivity index (χ3n) is 2.47. The van der Waals surface area contributed by atoms with E-state index in [1.807, 2.05) is 0 Å². The standard InChI is InChI=1S/C15H15NO6/c1-3-21-15(19)11(8-16)6-10-4-5-12(13(7-10)20-2)22-9-14(17)18/h4-7H,3,9H2,1-2H3,(H,17,18)/b11-6+. The quantitative estimate of drug-likeness (QED) is 0.463. The molecule has 0 amide bonds. The summed E-state index contributed by atoms with van der Waals surface area (Å²) in [6.45, 7) is 1.31. The van der Waals surface area contributed by atoms with Crippen LogP contribution in [0.15, 0.2) is 23.8 Å². The monoisotopic (exact) mass is 305 g/mol. The number of carboxylic acids is 1. The molecule has 0 aromatic heterocycles. The minimum Gasteiger partial charge on any atom is -0.493 e. The second kappa shape index (κ2) is 8.32. The Labute approximate surface area is 127 Å². The van der Waals surface area contributed by atoms with Gasteiger partial charge in [-0.05, 0) is 30.7 Å². The number of aliphatic carboxylic acids is 1. The molecule has 0 saturated carbocycles. The summed E-state index contributed by atoms with van der Waals surface area (Å²) in [5, 5.41) is 17.6. The van der Waals surface area contributed by atoms with Gasteiger partial charge in [0.25, 0.3) is 0 Å². The van der Waals surface area contributed by atoms with Gasteiger partial charge in [0, 0.05) is 0 Å². The zero-order valence-corrected chi connectivity index (χ0v) is 12.2. The molecule has 0 aliphatic rings. The Morgan fingerprint density at radius 1 is 1.36 bits per heavy atom. The molecule has 0 aliphatic heterocycles. The van der Waals surface area contributed by atoms with Crippen LogP contribution in [0.2, 0.25) is 0 Å². The highest BCUT2D eigenvalue weighted by Gasteiger charge is 2.11. The Morgan fingerprint density at radius 2 is 2.09 bits per heavy atom. The number of hydrogen-bond donors (Lipinski definition) is 1. The summed E-state index contributed by atoms with van der Waals surface area (Å²) < 4.78 is 14.9. The van der Waals surface area contributed by atoms with Crippen molar-refractivity contribution in [1.82, 2.24) is 0 Å². The minimum atomic E-state index is -1.11. The number of esters is 1. The van der Waals surface area contributed by atoms with Crippen molar-refractivity contribution in [2.45, 2.75) is 6.92 Å². The summed E-state index contributed by atoms with van der Waals surface area (Å²) in [5.41, 5.74) is 0.368. The van der Waals surface area contributed by atoms with Crippen LogP contribution in [0, 0.1) is 11.3 Å². The van der Waals surface area contributed by atoms with E-state index in [1.165, 1.54) is 25.3 Å². The molecule has 7 heteroatoms. The maximum Gasteiger partial charge on any atom is 0.348 e. The van der Waals surface area contributed by atoms with Crippen molar-refractivity contribution in [2.24, 2.45) is 0 Å². The number of carbonyl (C=O) groups is 2. The molecule has 0 unspecified atom stereocenters. The van der Waals surface area contributed by atoms with Crippen LogP contribution in [0.1, 0.15) is 12.5 Å².